The average molecular weight is 745 g/mol. The van der Waals surface area contributed by atoms with Gasteiger partial charge in [-0.05, 0) is 71.7 Å². The molecular weight excluding hydrogens is 693 g/mol. The van der Waals surface area contributed by atoms with Crippen LogP contribution in [0.5, 0.6) is 0 Å². The predicted octanol–water partition coefficient (Wildman–Crippen LogP) is 7.37. The van der Waals surface area contributed by atoms with E-state index in [0.29, 0.717) is 19.1 Å². The zero-order chi connectivity index (χ0) is 36.1. The Labute approximate surface area is 292 Å². The molecule has 2 aliphatic heterocycles. The molecule has 278 valence electrons. The summed E-state index contributed by atoms with van der Waals surface area (Å²) >= 11 is 0. The number of rotatable bonds is 8. The van der Waals surface area contributed by atoms with Gasteiger partial charge in [-0.3, -0.25) is 20.0 Å². The summed E-state index contributed by atoms with van der Waals surface area (Å²) in [6.07, 6.45) is 9.60. The van der Waals surface area contributed by atoms with Crippen molar-refractivity contribution in [1.82, 2.24) is 16.0 Å². The van der Waals surface area contributed by atoms with Gasteiger partial charge < -0.3 is 9.74 Å². The molecule has 4 bridgehead atoms. The third kappa shape index (κ3) is 8.86. The maximum absolute atomic E-state index is 13.6. The molecule has 6 aliphatic rings. The van der Waals surface area contributed by atoms with Gasteiger partial charge in [0.1, 0.15) is 0 Å². The molecule has 0 spiro atoms. The van der Waals surface area contributed by atoms with Gasteiger partial charge in [0.2, 0.25) is 5.91 Å². The molecule has 2 heterocycles. The summed E-state index contributed by atoms with van der Waals surface area (Å²) in [5, 5.41) is 13.6. The summed E-state index contributed by atoms with van der Waals surface area (Å²) in [6, 6.07) is 22.3. The number of hydrogen-bond donors (Lipinski definition) is 3. The molecule has 0 radical (unpaired) electrons. The van der Waals surface area contributed by atoms with Crippen molar-refractivity contribution >= 4 is 38.4 Å². The summed E-state index contributed by atoms with van der Waals surface area (Å²) in [6.45, 7) is 10.5. The number of benzene rings is 2. The van der Waals surface area contributed by atoms with Crippen LogP contribution in [0.4, 0.5) is 25.2 Å². The monoisotopic (exact) mass is 744 g/mol. The predicted molar refractivity (Wildman–Crippen MR) is 189 cm³/mol. The van der Waals surface area contributed by atoms with Gasteiger partial charge in [-0.25, -0.2) is 0 Å². The fraction of sp³-hybridized carbons (Fsp3) is 0.611. The van der Waals surface area contributed by atoms with Gasteiger partial charge in [-0.2, -0.15) is 0 Å². The van der Waals surface area contributed by atoms with Crippen molar-refractivity contribution in [2.45, 2.75) is 89.3 Å². The Hall–Kier alpha value is -2.63. The number of hydrogen-bond acceptors (Lipinski definition) is 4. The van der Waals surface area contributed by atoms with Crippen LogP contribution >= 0.6 is 7.81 Å². The van der Waals surface area contributed by atoms with E-state index in [1.165, 1.54) is 29.6 Å². The van der Waals surface area contributed by atoms with E-state index in [1.807, 2.05) is 0 Å². The zero-order valence-electron chi connectivity index (χ0n) is 29.1. The van der Waals surface area contributed by atoms with Crippen molar-refractivity contribution in [3.63, 3.8) is 0 Å². The van der Waals surface area contributed by atoms with Crippen molar-refractivity contribution in [2.24, 2.45) is 23.2 Å². The van der Waals surface area contributed by atoms with E-state index in [9.17, 15) is 30.0 Å². The summed E-state index contributed by atoms with van der Waals surface area (Å²) in [4.78, 5) is 13.6. The fourth-order valence-electron chi connectivity index (χ4n) is 9.77. The fourth-order valence-corrected chi connectivity index (χ4v) is 14.4. The van der Waals surface area contributed by atoms with Crippen LogP contribution in [0.25, 0.3) is 0 Å². The van der Waals surface area contributed by atoms with Crippen molar-refractivity contribution in [2.75, 3.05) is 26.2 Å². The Kier molecular flexibility index (Phi) is 9.50. The molecule has 0 saturated heterocycles. The van der Waals surface area contributed by atoms with Crippen molar-refractivity contribution < 1.29 is 39.0 Å². The quantitative estimate of drug-likeness (QED) is 0.114. The van der Waals surface area contributed by atoms with Crippen molar-refractivity contribution in [3.05, 3.63) is 60.7 Å². The van der Waals surface area contributed by atoms with E-state index < -0.39 is 16.1 Å². The van der Waals surface area contributed by atoms with Gasteiger partial charge in [-0.15, -0.1) is 0 Å². The van der Waals surface area contributed by atoms with Gasteiger partial charge in [0.25, 0.3) is 8.32 Å². The van der Waals surface area contributed by atoms with Crippen LogP contribution in [-0.2, 0) is 9.22 Å². The molecule has 2 atom stereocenters. The Balaban J connectivity index is 0.000000561. The van der Waals surface area contributed by atoms with Crippen LogP contribution in [0.2, 0.25) is 5.04 Å². The Morgan fingerprint density at radius 3 is 1.72 bits per heavy atom. The minimum atomic E-state index is -10.7. The van der Waals surface area contributed by atoms with Gasteiger partial charge in [0, 0.05) is 18.3 Å². The van der Waals surface area contributed by atoms with Gasteiger partial charge >= 0.3 is 38.9 Å². The van der Waals surface area contributed by atoms with Gasteiger partial charge in [-0.1, -0.05) is 81.4 Å². The third-order valence-corrected chi connectivity index (χ3v) is 16.4. The molecule has 4 fully saturated rings. The summed E-state index contributed by atoms with van der Waals surface area (Å²) in [7, 11) is -13.2. The standard InChI is InChI=1S/C36H50N4O2Si.F6P/c1-35(2,3)43(31-10-6-4-7-11-31,32-12-8-5-9-13-32)42-25-30-15-17-40-16-14-29(38-34(40)39-30)24-37-33(41)36-21-26-18-27(22-36)20-28(19-26)23-36;1-7(2,3,4,5)6/h4-13,26-30H,14-25H2,1-3H3,(H2,37,38,39,41);/q;-1/p+1/t26?,27?,28?,29-,30-,36?;/m1./s1. The van der Waals surface area contributed by atoms with Crippen molar-refractivity contribution in [3.8, 4) is 0 Å². The van der Waals surface area contributed by atoms with E-state index in [4.69, 9.17) is 4.43 Å². The van der Waals surface area contributed by atoms with Crippen LogP contribution in [0.1, 0.15) is 72.1 Å². The zero-order valence-corrected chi connectivity index (χ0v) is 31.0. The number of carbonyl (C=O) groups excluding carboxylic acids is 1. The van der Waals surface area contributed by atoms with E-state index in [1.54, 1.807) is 0 Å². The molecule has 2 aromatic carbocycles. The van der Waals surface area contributed by atoms with Crippen LogP contribution in [0.3, 0.4) is 0 Å². The Bertz CT molecular complexity index is 1490. The molecule has 4 saturated carbocycles. The topological polar surface area (TPSA) is 65.4 Å². The number of amides is 1. The number of guanidine groups is 1. The summed E-state index contributed by atoms with van der Waals surface area (Å²) in [5.41, 5.74) is -0.0743. The molecular formula is C36H51F6N4O2PSi. The summed E-state index contributed by atoms with van der Waals surface area (Å²) < 4.78 is 68.9. The number of nitrogens with zero attached hydrogens (tertiary/aromatic N) is 1. The average Bonchev–Trinajstić information content (AvgIpc) is 3.02. The molecule has 6 nitrogen and oxygen atoms in total. The number of carbonyl (C=O) groups is 1. The molecule has 0 aromatic heterocycles. The van der Waals surface area contributed by atoms with E-state index in [-0.39, 0.29) is 22.5 Å². The second kappa shape index (κ2) is 12.8. The second-order valence-electron chi connectivity index (χ2n) is 16.4. The van der Waals surface area contributed by atoms with E-state index in [0.717, 1.165) is 68.9 Å². The van der Waals surface area contributed by atoms with Gasteiger partial charge in [0.05, 0.1) is 38.3 Å². The normalized spacial score (nSPS) is 30.5. The van der Waals surface area contributed by atoms with Crippen molar-refractivity contribution in [1.29, 1.82) is 0 Å². The number of halogens is 6. The molecule has 0 unspecified atom stereocenters. The first-order valence-electron chi connectivity index (χ1n) is 17.9. The Morgan fingerprint density at radius 1 is 0.820 bits per heavy atom. The van der Waals surface area contributed by atoms with Crippen LogP contribution < -0.4 is 26.3 Å². The molecule has 4 aliphatic carbocycles. The molecule has 3 N–H and O–H groups in total. The summed E-state index contributed by atoms with van der Waals surface area (Å²) in [5.74, 6) is 3.84. The first-order valence-corrected chi connectivity index (χ1v) is 21.9. The second-order valence-corrected chi connectivity index (χ2v) is 22.7. The Morgan fingerprint density at radius 2 is 1.26 bits per heavy atom. The van der Waals surface area contributed by atoms with Crippen LogP contribution in [-0.4, -0.2) is 63.1 Å². The molecule has 50 heavy (non-hydrogen) atoms. The third-order valence-electron chi connectivity index (χ3n) is 11.4. The maximum atomic E-state index is 13.6. The SMILES string of the molecule is CC(C)(C)[Si](OC[C@H]1CC[N+]2=C(N[C@@H](CNC(=O)C34CC5CC(CC(C5)C3)C4)CC2)N1)(c1ccccc1)c1ccccc1.F[P-](F)(F)(F)(F)F. The molecule has 1 amide bonds. The van der Waals surface area contributed by atoms with Crippen LogP contribution in [0, 0.1) is 23.2 Å². The van der Waals surface area contributed by atoms with E-state index >= 15 is 0 Å². The van der Waals surface area contributed by atoms with Gasteiger partial charge in [0.15, 0.2) is 0 Å². The molecule has 8 rings (SSSR count). The van der Waals surface area contributed by atoms with E-state index in [2.05, 4.69) is 102 Å². The molecule has 2 aromatic rings. The molecule has 14 heteroatoms. The minimum absolute atomic E-state index is 0.0351. The first kappa shape index (κ1) is 37.1. The first-order chi connectivity index (χ1) is 23.2. The number of nitrogens with one attached hydrogen (secondary N) is 3. The van der Waals surface area contributed by atoms with Crippen LogP contribution in [0.15, 0.2) is 60.7 Å².